The third kappa shape index (κ3) is 6.65. The highest BCUT2D eigenvalue weighted by Crippen LogP contribution is 2.13. The number of rotatable bonds is 8. The number of esters is 1. The molecule has 0 atom stereocenters. The summed E-state index contributed by atoms with van der Waals surface area (Å²) in [6.07, 6.45) is -0.225. The van der Waals surface area contributed by atoms with Crippen molar-refractivity contribution >= 4 is 29.2 Å². The second-order valence-corrected chi connectivity index (χ2v) is 5.65. The number of carbonyl (C=O) groups excluding carboxylic acids is 3. The number of anilines is 1. The number of benzene rings is 2. The molecule has 0 saturated carbocycles. The number of hydrogen-bond acceptors (Lipinski definition) is 6. The van der Waals surface area contributed by atoms with Gasteiger partial charge in [0.1, 0.15) is 0 Å². The Hall–Kier alpha value is -3.89. The molecule has 2 aromatic rings. The Morgan fingerprint density at radius 1 is 1.03 bits per heavy atom. The molecular formula is C18H15F2N3O6. The van der Waals surface area contributed by atoms with Crippen molar-refractivity contribution in [3.05, 3.63) is 69.8 Å². The highest BCUT2D eigenvalue weighted by Gasteiger charge is 2.12. The van der Waals surface area contributed by atoms with Crippen LogP contribution in [0, 0.1) is 21.7 Å². The third-order valence-corrected chi connectivity index (χ3v) is 3.52. The van der Waals surface area contributed by atoms with Crippen molar-refractivity contribution in [2.24, 2.45) is 0 Å². The molecule has 11 heteroatoms. The Kier molecular flexibility index (Phi) is 7.29. The first kappa shape index (κ1) is 21.4. The van der Waals surface area contributed by atoms with Crippen LogP contribution in [0.5, 0.6) is 0 Å². The molecule has 0 fully saturated rings. The average molecular weight is 407 g/mol. The minimum Gasteiger partial charge on any atom is -0.456 e. The molecule has 0 aliphatic carbocycles. The number of amides is 2. The zero-order valence-electron chi connectivity index (χ0n) is 14.8. The van der Waals surface area contributed by atoms with E-state index >= 15 is 0 Å². The minimum absolute atomic E-state index is 0.000287. The van der Waals surface area contributed by atoms with Gasteiger partial charge >= 0.3 is 5.97 Å². The minimum atomic E-state index is -1.14. The monoisotopic (exact) mass is 407 g/mol. The molecule has 0 saturated heterocycles. The van der Waals surface area contributed by atoms with Crippen LogP contribution in [-0.4, -0.2) is 35.9 Å². The normalized spacial score (nSPS) is 10.1. The predicted molar refractivity (Wildman–Crippen MR) is 96.0 cm³/mol. The van der Waals surface area contributed by atoms with Crippen LogP contribution < -0.4 is 10.6 Å². The summed E-state index contributed by atoms with van der Waals surface area (Å²) in [7, 11) is 0. The van der Waals surface area contributed by atoms with Crippen LogP contribution >= 0.6 is 0 Å². The molecule has 29 heavy (non-hydrogen) atoms. The predicted octanol–water partition coefficient (Wildman–Crippen LogP) is 2.17. The van der Waals surface area contributed by atoms with Crippen LogP contribution in [0.25, 0.3) is 0 Å². The maximum absolute atomic E-state index is 13.1. The van der Waals surface area contributed by atoms with Gasteiger partial charge in [-0.15, -0.1) is 0 Å². The van der Waals surface area contributed by atoms with Gasteiger partial charge in [0, 0.05) is 36.0 Å². The van der Waals surface area contributed by atoms with Crippen molar-refractivity contribution in [2.45, 2.75) is 6.42 Å². The molecule has 2 aromatic carbocycles. The number of nitrogens with one attached hydrogen (secondary N) is 2. The Morgan fingerprint density at radius 2 is 1.72 bits per heavy atom. The SMILES string of the molecule is O=C(COC(=O)CCNC(=O)c1ccc([N+](=O)[O-])cc1)Nc1ccc(F)c(F)c1. The van der Waals surface area contributed by atoms with Crippen LogP contribution in [0.15, 0.2) is 42.5 Å². The molecule has 2 rings (SSSR count). The Bertz CT molecular complexity index is 934. The molecule has 0 aliphatic rings. The van der Waals surface area contributed by atoms with Gasteiger partial charge in [-0.1, -0.05) is 0 Å². The number of ether oxygens (including phenoxy) is 1. The van der Waals surface area contributed by atoms with Crippen LogP contribution in [0.1, 0.15) is 16.8 Å². The Morgan fingerprint density at radius 3 is 2.34 bits per heavy atom. The van der Waals surface area contributed by atoms with Crippen LogP contribution in [0.3, 0.4) is 0 Å². The van der Waals surface area contributed by atoms with E-state index in [2.05, 4.69) is 10.6 Å². The summed E-state index contributed by atoms with van der Waals surface area (Å²) in [5, 5.41) is 15.2. The molecule has 0 aromatic heterocycles. The lowest BCUT2D eigenvalue weighted by Gasteiger charge is -2.08. The second kappa shape index (κ2) is 9.88. The van der Waals surface area contributed by atoms with Crippen LogP contribution in [-0.2, 0) is 14.3 Å². The van der Waals surface area contributed by atoms with Gasteiger partial charge in [-0.2, -0.15) is 0 Å². The quantitative estimate of drug-likeness (QED) is 0.392. The van der Waals surface area contributed by atoms with Crippen molar-refractivity contribution in [2.75, 3.05) is 18.5 Å². The average Bonchev–Trinajstić information content (AvgIpc) is 2.69. The summed E-state index contributed by atoms with van der Waals surface area (Å²) in [5.74, 6) is -4.26. The van der Waals surface area contributed by atoms with Crippen LogP contribution in [0.4, 0.5) is 20.2 Å². The molecule has 0 aliphatic heterocycles. The molecule has 152 valence electrons. The van der Waals surface area contributed by atoms with E-state index in [0.717, 1.165) is 18.2 Å². The molecular weight excluding hydrogens is 392 g/mol. The summed E-state index contributed by atoms with van der Waals surface area (Å²) < 4.78 is 30.6. The molecule has 0 radical (unpaired) electrons. The number of carbonyl (C=O) groups is 3. The first-order valence-electron chi connectivity index (χ1n) is 8.19. The summed E-state index contributed by atoms with van der Waals surface area (Å²) in [4.78, 5) is 45.1. The number of nitrogens with zero attached hydrogens (tertiary/aromatic N) is 1. The second-order valence-electron chi connectivity index (χ2n) is 5.65. The van der Waals surface area contributed by atoms with E-state index in [9.17, 15) is 33.3 Å². The zero-order valence-corrected chi connectivity index (χ0v) is 14.8. The first-order chi connectivity index (χ1) is 13.8. The Labute approximate surface area is 162 Å². The molecule has 9 nitrogen and oxygen atoms in total. The fourth-order valence-corrected chi connectivity index (χ4v) is 2.10. The number of nitro benzene ring substituents is 1. The van der Waals surface area contributed by atoms with E-state index in [1.165, 1.54) is 24.3 Å². The van der Waals surface area contributed by atoms with Gasteiger partial charge < -0.3 is 15.4 Å². The molecule has 0 heterocycles. The lowest BCUT2D eigenvalue weighted by Crippen LogP contribution is -2.27. The molecule has 0 bridgehead atoms. The number of hydrogen-bond donors (Lipinski definition) is 2. The maximum atomic E-state index is 13.1. The lowest BCUT2D eigenvalue weighted by atomic mass is 10.2. The van der Waals surface area contributed by atoms with Gasteiger partial charge in [0.05, 0.1) is 11.3 Å². The lowest BCUT2D eigenvalue weighted by molar-refractivity contribution is -0.384. The Balaban J connectivity index is 1.69. The van der Waals surface area contributed by atoms with Crippen molar-refractivity contribution in [1.82, 2.24) is 5.32 Å². The van der Waals surface area contributed by atoms with Gasteiger partial charge in [-0.05, 0) is 24.3 Å². The summed E-state index contributed by atoms with van der Waals surface area (Å²) in [6.45, 7) is -0.729. The first-order valence-corrected chi connectivity index (χ1v) is 8.19. The highest BCUT2D eigenvalue weighted by molar-refractivity contribution is 5.95. The van der Waals surface area contributed by atoms with Crippen molar-refractivity contribution in [1.29, 1.82) is 0 Å². The maximum Gasteiger partial charge on any atom is 0.308 e. The summed E-state index contributed by atoms with van der Waals surface area (Å²) in [5.41, 5.74) is 0.0157. The van der Waals surface area contributed by atoms with Gasteiger partial charge in [-0.25, -0.2) is 8.78 Å². The fourth-order valence-electron chi connectivity index (χ4n) is 2.10. The van der Waals surface area contributed by atoms with Crippen molar-refractivity contribution in [3.63, 3.8) is 0 Å². The summed E-state index contributed by atoms with van der Waals surface area (Å²) >= 11 is 0. The standard InChI is InChI=1S/C18H15F2N3O6/c19-14-6-3-12(9-15(14)20)22-16(24)10-29-17(25)7-8-21-18(26)11-1-4-13(5-2-11)23(27)28/h1-6,9H,7-8,10H2,(H,21,26)(H,22,24). The number of non-ortho nitro benzene ring substituents is 1. The molecule has 0 unspecified atom stereocenters. The van der Waals surface area contributed by atoms with Crippen molar-refractivity contribution in [3.8, 4) is 0 Å². The molecule has 0 spiro atoms. The van der Waals surface area contributed by atoms with E-state index in [1.54, 1.807) is 0 Å². The molecule has 2 N–H and O–H groups in total. The molecule has 2 amide bonds. The smallest absolute Gasteiger partial charge is 0.308 e. The van der Waals surface area contributed by atoms with Gasteiger partial charge in [0.25, 0.3) is 17.5 Å². The van der Waals surface area contributed by atoms with Gasteiger partial charge in [0.15, 0.2) is 18.2 Å². The van der Waals surface area contributed by atoms with Crippen molar-refractivity contribution < 1.29 is 32.8 Å². The van der Waals surface area contributed by atoms with E-state index in [4.69, 9.17) is 4.74 Å². The number of halogens is 2. The third-order valence-electron chi connectivity index (χ3n) is 3.52. The summed E-state index contributed by atoms with van der Waals surface area (Å²) in [6, 6.07) is 7.66. The topological polar surface area (TPSA) is 128 Å². The van der Waals surface area contributed by atoms with E-state index < -0.39 is 40.9 Å². The van der Waals surface area contributed by atoms with E-state index in [0.29, 0.717) is 0 Å². The zero-order chi connectivity index (χ0) is 21.4. The largest absolute Gasteiger partial charge is 0.456 e. The number of nitro groups is 1. The highest BCUT2D eigenvalue weighted by atomic mass is 19.2. The van der Waals surface area contributed by atoms with E-state index in [-0.39, 0.29) is 29.9 Å². The van der Waals surface area contributed by atoms with Gasteiger partial charge in [-0.3, -0.25) is 24.5 Å². The van der Waals surface area contributed by atoms with E-state index in [1.807, 2.05) is 0 Å². The fraction of sp³-hybridized carbons (Fsp3) is 0.167. The van der Waals surface area contributed by atoms with Crippen LogP contribution in [0.2, 0.25) is 0 Å². The van der Waals surface area contributed by atoms with Gasteiger partial charge in [0.2, 0.25) is 0 Å².